The molecule has 1 heterocycles. The van der Waals surface area contributed by atoms with E-state index in [0.29, 0.717) is 12.1 Å². The van der Waals surface area contributed by atoms with Crippen molar-refractivity contribution < 1.29 is 14.3 Å². The highest BCUT2D eigenvalue weighted by Gasteiger charge is 2.21. The zero-order chi connectivity index (χ0) is 18.9. The van der Waals surface area contributed by atoms with Gasteiger partial charge in [0.1, 0.15) is 0 Å². The zero-order valence-electron chi connectivity index (χ0n) is 16.0. The van der Waals surface area contributed by atoms with E-state index in [9.17, 15) is 9.59 Å². The average Bonchev–Trinajstić information content (AvgIpc) is 2.58. The van der Waals surface area contributed by atoms with Gasteiger partial charge in [0, 0.05) is 44.2 Å². The van der Waals surface area contributed by atoms with Crippen LogP contribution in [0.3, 0.4) is 0 Å². The Kier molecular flexibility index (Phi) is 8.06. The summed E-state index contributed by atoms with van der Waals surface area (Å²) in [4.78, 5) is 26.5. The van der Waals surface area contributed by atoms with Crippen LogP contribution < -0.4 is 10.6 Å². The maximum absolute atomic E-state index is 12.1. The Morgan fingerprint density at radius 2 is 1.85 bits per heavy atom. The molecule has 6 heteroatoms. The molecule has 0 aromatic heterocycles. The molecule has 144 valence electrons. The second kappa shape index (κ2) is 10.3. The first-order valence-corrected chi connectivity index (χ1v) is 9.44. The number of amides is 2. The van der Waals surface area contributed by atoms with Crippen LogP contribution in [-0.4, -0.2) is 61.1 Å². The van der Waals surface area contributed by atoms with Crippen LogP contribution in [0.15, 0.2) is 30.3 Å². The summed E-state index contributed by atoms with van der Waals surface area (Å²) in [5, 5.41) is 5.80. The van der Waals surface area contributed by atoms with E-state index in [1.54, 1.807) is 12.1 Å². The number of carbonyl (C=O) groups is 2. The van der Waals surface area contributed by atoms with Crippen LogP contribution in [-0.2, 0) is 9.53 Å². The first kappa shape index (κ1) is 20.4. The van der Waals surface area contributed by atoms with Crippen LogP contribution in [0, 0.1) is 0 Å². The van der Waals surface area contributed by atoms with Crippen molar-refractivity contribution in [2.45, 2.75) is 51.9 Å². The molecule has 0 radical (unpaired) electrons. The lowest BCUT2D eigenvalue weighted by atomic mass is 10.1. The number of ether oxygens (including phenoxy) is 1. The van der Waals surface area contributed by atoms with Crippen molar-refractivity contribution in [1.82, 2.24) is 15.5 Å². The second-order valence-electron chi connectivity index (χ2n) is 7.17. The molecule has 3 atom stereocenters. The Morgan fingerprint density at radius 1 is 1.19 bits per heavy atom. The number of rotatable bonds is 8. The molecule has 3 unspecified atom stereocenters. The minimum atomic E-state index is -0.205. The molecule has 1 fully saturated rings. The first-order chi connectivity index (χ1) is 12.4. The summed E-state index contributed by atoms with van der Waals surface area (Å²) in [6.07, 6.45) is 1.73. The van der Waals surface area contributed by atoms with Gasteiger partial charge in [0.2, 0.25) is 5.91 Å². The van der Waals surface area contributed by atoms with Gasteiger partial charge in [-0.05, 0) is 39.3 Å². The van der Waals surface area contributed by atoms with Crippen molar-refractivity contribution in [2.24, 2.45) is 0 Å². The third-order valence-electron chi connectivity index (χ3n) is 4.37. The number of carbonyl (C=O) groups excluding carboxylic acids is 2. The van der Waals surface area contributed by atoms with Crippen molar-refractivity contribution in [2.75, 3.05) is 26.2 Å². The minimum absolute atomic E-state index is 0.0328. The largest absolute Gasteiger partial charge is 0.373 e. The van der Waals surface area contributed by atoms with E-state index in [1.165, 1.54) is 0 Å². The third-order valence-corrected chi connectivity index (χ3v) is 4.37. The van der Waals surface area contributed by atoms with Crippen molar-refractivity contribution in [1.29, 1.82) is 0 Å². The van der Waals surface area contributed by atoms with Crippen LogP contribution in [0.5, 0.6) is 0 Å². The Bertz CT molecular complexity index is 569. The molecular weight excluding hydrogens is 330 g/mol. The summed E-state index contributed by atoms with van der Waals surface area (Å²) >= 11 is 0. The van der Waals surface area contributed by atoms with Gasteiger partial charge in [-0.3, -0.25) is 14.5 Å². The number of nitrogens with one attached hydrogen (secondary N) is 2. The van der Waals surface area contributed by atoms with Crippen molar-refractivity contribution in [3.63, 3.8) is 0 Å². The van der Waals surface area contributed by atoms with Gasteiger partial charge in [-0.1, -0.05) is 18.2 Å². The maximum Gasteiger partial charge on any atom is 0.251 e. The summed E-state index contributed by atoms with van der Waals surface area (Å²) < 4.78 is 5.72. The molecule has 2 N–H and O–H groups in total. The summed E-state index contributed by atoms with van der Waals surface area (Å²) in [7, 11) is 0. The zero-order valence-corrected chi connectivity index (χ0v) is 16.0. The van der Waals surface area contributed by atoms with E-state index in [4.69, 9.17) is 4.74 Å². The van der Waals surface area contributed by atoms with E-state index in [2.05, 4.69) is 29.4 Å². The standard InChI is InChI=1S/C20H31N3O3/c1-15(22-20(25)18-8-5-4-6-9-18)12-19(24)21-10-7-11-23-13-16(2)26-17(3)14-23/h4-6,8-9,15-17H,7,10-14H2,1-3H3,(H,21,24)(H,22,25). The number of hydrogen-bond donors (Lipinski definition) is 2. The maximum atomic E-state index is 12.1. The number of benzene rings is 1. The van der Waals surface area contributed by atoms with Crippen LogP contribution >= 0.6 is 0 Å². The lowest BCUT2D eigenvalue weighted by Gasteiger charge is -2.35. The quantitative estimate of drug-likeness (QED) is 0.693. The Labute approximate surface area is 156 Å². The molecule has 1 aromatic carbocycles. The van der Waals surface area contributed by atoms with Gasteiger partial charge in [-0.2, -0.15) is 0 Å². The van der Waals surface area contributed by atoms with Crippen molar-refractivity contribution in [3.05, 3.63) is 35.9 Å². The molecule has 26 heavy (non-hydrogen) atoms. The Hall–Kier alpha value is -1.92. The number of nitrogens with zero attached hydrogens (tertiary/aromatic N) is 1. The molecule has 0 saturated carbocycles. The smallest absolute Gasteiger partial charge is 0.251 e. The van der Waals surface area contributed by atoms with Gasteiger partial charge in [0.05, 0.1) is 12.2 Å². The van der Waals surface area contributed by atoms with Gasteiger partial charge in [-0.15, -0.1) is 0 Å². The average molecular weight is 361 g/mol. The fourth-order valence-electron chi connectivity index (χ4n) is 3.30. The van der Waals surface area contributed by atoms with Crippen LogP contribution in [0.2, 0.25) is 0 Å². The third kappa shape index (κ3) is 7.14. The summed E-state index contributed by atoms with van der Waals surface area (Å²) in [5.74, 6) is -0.184. The highest BCUT2D eigenvalue weighted by atomic mass is 16.5. The molecule has 6 nitrogen and oxygen atoms in total. The van der Waals surface area contributed by atoms with Gasteiger partial charge < -0.3 is 15.4 Å². The predicted octanol–water partition coefficient (Wildman–Crippen LogP) is 1.81. The van der Waals surface area contributed by atoms with Crippen molar-refractivity contribution in [3.8, 4) is 0 Å². The van der Waals surface area contributed by atoms with Gasteiger partial charge >= 0.3 is 0 Å². The molecule has 0 bridgehead atoms. The Balaban J connectivity index is 1.60. The molecule has 2 amide bonds. The summed E-state index contributed by atoms with van der Waals surface area (Å²) in [6.45, 7) is 9.53. The predicted molar refractivity (Wildman–Crippen MR) is 102 cm³/mol. The molecular formula is C20H31N3O3. The van der Waals surface area contributed by atoms with Crippen LogP contribution in [0.4, 0.5) is 0 Å². The van der Waals surface area contributed by atoms with Gasteiger partial charge in [-0.25, -0.2) is 0 Å². The minimum Gasteiger partial charge on any atom is -0.373 e. The van der Waals surface area contributed by atoms with E-state index < -0.39 is 0 Å². The highest BCUT2D eigenvalue weighted by Crippen LogP contribution is 2.10. The second-order valence-corrected chi connectivity index (χ2v) is 7.17. The Morgan fingerprint density at radius 3 is 2.50 bits per heavy atom. The van der Waals surface area contributed by atoms with E-state index in [0.717, 1.165) is 26.1 Å². The topological polar surface area (TPSA) is 70.7 Å². The fraction of sp³-hybridized carbons (Fsp3) is 0.600. The van der Waals surface area contributed by atoms with E-state index >= 15 is 0 Å². The van der Waals surface area contributed by atoms with Gasteiger partial charge in [0.15, 0.2) is 0 Å². The number of morpholine rings is 1. The molecule has 0 aliphatic carbocycles. The lowest BCUT2D eigenvalue weighted by Crippen LogP contribution is -2.46. The molecule has 1 saturated heterocycles. The summed E-state index contributed by atoms with van der Waals surface area (Å²) in [6, 6.07) is 8.82. The SMILES string of the molecule is CC(CC(=O)NCCCN1CC(C)OC(C)C1)NC(=O)c1ccccc1. The molecule has 1 aromatic rings. The molecule has 2 rings (SSSR count). The van der Waals surface area contributed by atoms with Crippen LogP contribution in [0.25, 0.3) is 0 Å². The molecule has 1 aliphatic rings. The van der Waals surface area contributed by atoms with E-state index in [-0.39, 0.29) is 36.5 Å². The number of hydrogen-bond acceptors (Lipinski definition) is 4. The van der Waals surface area contributed by atoms with E-state index in [1.807, 2.05) is 25.1 Å². The van der Waals surface area contributed by atoms with Gasteiger partial charge in [0.25, 0.3) is 5.91 Å². The normalized spacial score (nSPS) is 21.8. The highest BCUT2D eigenvalue weighted by molar-refractivity contribution is 5.94. The monoisotopic (exact) mass is 361 g/mol. The first-order valence-electron chi connectivity index (χ1n) is 9.44. The molecule has 0 spiro atoms. The van der Waals surface area contributed by atoms with Crippen molar-refractivity contribution >= 4 is 11.8 Å². The summed E-state index contributed by atoms with van der Waals surface area (Å²) in [5.41, 5.74) is 0.605. The fourth-order valence-corrected chi connectivity index (χ4v) is 3.30. The lowest BCUT2D eigenvalue weighted by molar-refractivity contribution is -0.121. The molecule has 1 aliphatic heterocycles. The van der Waals surface area contributed by atoms with Crippen LogP contribution in [0.1, 0.15) is 44.0 Å².